The standard InChI is InChI=1S/C12H13N3OS/c1-7-8(6-15(2)14-7)12-13-9-4-3-5-10(16)11(9)17-12/h6H,3-5H2,1-2H3. The molecule has 1 aliphatic carbocycles. The van der Waals surface area contributed by atoms with Gasteiger partial charge in [-0.05, 0) is 19.8 Å². The molecule has 4 nitrogen and oxygen atoms in total. The van der Waals surface area contributed by atoms with Gasteiger partial charge in [-0.2, -0.15) is 5.10 Å². The Balaban J connectivity index is 2.11. The zero-order chi connectivity index (χ0) is 12.0. The van der Waals surface area contributed by atoms with Crippen LogP contribution in [0.2, 0.25) is 0 Å². The van der Waals surface area contributed by atoms with E-state index in [1.54, 1.807) is 4.68 Å². The van der Waals surface area contributed by atoms with Crippen molar-refractivity contribution in [1.82, 2.24) is 14.8 Å². The Bertz CT molecular complexity index is 597. The lowest BCUT2D eigenvalue weighted by Gasteiger charge is -2.06. The van der Waals surface area contributed by atoms with Gasteiger partial charge in [0.25, 0.3) is 0 Å². The normalized spacial score (nSPS) is 15.1. The third-order valence-corrected chi connectivity index (χ3v) is 4.18. The molecule has 0 N–H and O–H groups in total. The van der Waals surface area contributed by atoms with Gasteiger partial charge in [-0.25, -0.2) is 4.98 Å². The smallest absolute Gasteiger partial charge is 0.174 e. The molecule has 5 heteroatoms. The van der Waals surface area contributed by atoms with E-state index >= 15 is 0 Å². The van der Waals surface area contributed by atoms with E-state index in [9.17, 15) is 4.79 Å². The number of rotatable bonds is 1. The molecule has 88 valence electrons. The predicted molar refractivity (Wildman–Crippen MR) is 66.3 cm³/mol. The van der Waals surface area contributed by atoms with Crippen molar-refractivity contribution < 1.29 is 4.79 Å². The van der Waals surface area contributed by atoms with Crippen molar-refractivity contribution in [2.24, 2.45) is 7.05 Å². The van der Waals surface area contributed by atoms with Gasteiger partial charge in [0.15, 0.2) is 5.78 Å². The van der Waals surface area contributed by atoms with E-state index in [0.717, 1.165) is 39.7 Å². The second kappa shape index (κ2) is 3.77. The van der Waals surface area contributed by atoms with Crippen molar-refractivity contribution in [3.63, 3.8) is 0 Å². The molecule has 3 rings (SSSR count). The molecule has 0 amide bonds. The number of thiazole rings is 1. The lowest BCUT2D eigenvalue weighted by atomic mass is 10.0. The number of fused-ring (bicyclic) bond motifs is 1. The molecular weight excluding hydrogens is 234 g/mol. The summed E-state index contributed by atoms with van der Waals surface area (Å²) in [5.41, 5.74) is 2.98. The maximum absolute atomic E-state index is 11.8. The quantitative estimate of drug-likeness (QED) is 0.777. The molecule has 1 aliphatic rings. The zero-order valence-corrected chi connectivity index (χ0v) is 10.7. The number of carbonyl (C=O) groups is 1. The molecule has 0 spiro atoms. The van der Waals surface area contributed by atoms with E-state index in [1.807, 2.05) is 20.2 Å². The second-order valence-corrected chi connectivity index (χ2v) is 5.37. The fourth-order valence-electron chi connectivity index (χ4n) is 2.19. The van der Waals surface area contributed by atoms with Crippen molar-refractivity contribution in [1.29, 1.82) is 0 Å². The lowest BCUT2D eigenvalue weighted by Crippen LogP contribution is -2.07. The number of aryl methyl sites for hydroxylation is 3. The highest BCUT2D eigenvalue weighted by Gasteiger charge is 2.23. The van der Waals surface area contributed by atoms with Crippen LogP contribution in [-0.4, -0.2) is 20.5 Å². The van der Waals surface area contributed by atoms with E-state index in [1.165, 1.54) is 11.3 Å². The molecule has 0 saturated carbocycles. The van der Waals surface area contributed by atoms with Crippen LogP contribution in [0.3, 0.4) is 0 Å². The number of Topliss-reactive ketones (excluding diaryl/α,β-unsaturated/α-hetero) is 1. The molecule has 0 unspecified atom stereocenters. The van der Waals surface area contributed by atoms with Crippen LogP contribution >= 0.6 is 11.3 Å². The van der Waals surface area contributed by atoms with Gasteiger partial charge < -0.3 is 0 Å². The van der Waals surface area contributed by atoms with Crippen LogP contribution in [0.4, 0.5) is 0 Å². The largest absolute Gasteiger partial charge is 0.293 e. The summed E-state index contributed by atoms with van der Waals surface area (Å²) in [5, 5.41) is 5.24. The molecule has 0 radical (unpaired) electrons. The molecule has 17 heavy (non-hydrogen) atoms. The van der Waals surface area contributed by atoms with Gasteiger partial charge in [-0.1, -0.05) is 0 Å². The second-order valence-electron chi connectivity index (χ2n) is 4.37. The third kappa shape index (κ3) is 1.70. The molecule has 0 saturated heterocycles. The average molecular weight is 247 g/mol. The van der Waals surface area contributed by atoms with Crippen molar-refractivity contribution >= 4 is 17.1 Å². The topological polar surface area (TPSA) is 47.8 Å². The first-order valence-corrected chi connectivity index (χ1v) is 6.50. The number of hydrogen-bond donors (Lipinski definition) is 0. The summed E-state index contributed by atoms with van der Waals surface area (Å²) in [4.78, 5) is 17.2. The van der Waals surface area contributed by atoms with Crippen LogP contribution < -0.4 is 0 Å². The van der Waals surface area contributed by atoms with Crippen molar-refractivity contribution in [2.75, 3.05) is 0 Å². The maximum Gasteiger partial charge on any atom is 0.174 e. The average Bonchev–Trinajstić information content (AvgIpc) is 2.82. The van der Waals surface area contributed by atoms with Crippen molar-refractivity contribution in [2.45, 2.75) is 26.2 Å². The minimum absolute atomic E-state index is 0.247. The van der Waals surface area contributed by atoms with Gasteiger partial charge in [0.2, 0.25) is 0 Å². The van der Waals surface area contributed by atoms with Gasteiger partial charge in [0.05, 0.1) is 21.8 Å². The Morgan fingerprint density at radius 2 is 2.24 bits per heavy atom. The Kier molecular flexibility index (Phi) is 2.36. The fraction of sp³-hybridized carbons (Fsp3) is 0.417. The first-order chi connectivity index (χ1) is 8.15. The summed E-state index contributed by atoms with van der Waals surface area (Å²) >= 11 is 1.51. The zero-order valence-electron chi connectivity index (χ0n) is 9.86. The summed E-state index contributed by atoms with van der Waals surface area (Å²) in [7, 11) is 1.90. The van der Waals surface area contributed by atoms with Crippen LogP contribution in [0.15, 0.2) is 6.20 Å². The summed E-state index contributed by atoms with van der Waals surface area (Å²) < 4.78 is 1.78. The molecular formula is C12H13N3OS. The highest BCUT2D eigenvalue weighted by Crippen LogP contribution is 2.33. The monoisotopic (exact) mass is 247 g/mol. The molecule has 2 heterocycles. The van der Waals surface area contributed by atoms with Crippen LogP contribution in [0.25, 0.3) is 10.6 Å². The predicted octanol–water partition coefficient (Wildman–Crippen LogP) is 2.37. The summed E-state index contributed by atoms with van der Waals surface area (Å²) in [6.07, 6.45) is 4.49. The first-order valence-electron chi connectivity index (χ1n) is 5.68. The molecule has 2 aromatic rings. The maximum atomic E-state index is 11.8. The molecule has 0 aliphatic heterocycles. The van der Waals surface area contributed by atoms with Gasteiger partial charge >= 0.3 is 0 Å². The van der Waals surface area contributed by atoms with Crippen LogP contribution in [0.1, 0.15) is 33.9 Å². The minimum Gasteiger partial charge on any atom is -0.293 e. The number of ketones is 1. The molecule has 0 bridgehead atoms. The minimum atomic E-state index is 0.247. The Morgan fingerprint density at radius 3 is 2.88 bits per heavy atom. The van der Waals surface area contributed by atoms with Gasteiger partial charge in [0, 0.05) is 19.7 Å². The van der Waals surface area contributed by atoms with E-state index in [4.69, 9.17) is 0 Å². The Morgan fingerprint density at radius 1 is 1.41 bits per heavy atom. The molecule has 0 aromatic carbocycles. The van der Waals surface area contributed by atoms with E-state index in [-0.39, 0.29) is 5.78 Å². The van der Waals surface area contributed by atoms with E-state index in [0.29, 0.717) is 6.42 Å². The van der Waals surface area contributed by atoms with E-state index < -0.39 is 0 Å². The van der Waals surface area contributed by atoms with Crippen molar-refractivity contribution in [3.8, 4) is 10.6 Å². The number of nitrogens with zero attached hydrogens (tertiary/aromatic N) is 3. The van der Waals surface area contributed by atoms with Crippen LogP contribution in [0.5, 0.6) is 0 Å². The van der Waals surface area contributed by atoms with Gasteiger partial charge in [-0.15, -0.1) is 11.3 Å². The summed E-state index contributed by atoms with van der Waals surface area (Å²) in [5.74, 6) is 0.247. The van der Waals surface area contributed by atoms with E-state index in [2.05, 4.69) is 10.1 Å². The summed E-state index contributed by atoms with van der Waals surface area (Å²) in [6.45, 7) is 1.97. The number of aromatic nitrogens is 3. The molecule has 2 aromatic heterocycles. The molecule has 0 atom stereocenters. The Labute approximate surface area is 103 Å². The third-order valence-electron chi connectivity index (χ3n) is 3.01. The fourth-order valence-corrected chi connectivity index (χ4v) is 3.33. The van der Waals surface area contributed by atoms with Crippen LogP contribution in [-0.2, 0) is 13.5 Å². The Hall–Kier alpha value is -1.49. The molecule has 0 fully saturated rings. The van der Waals surface area contributed by atoms with Gasteiger partial charge in [-0.3, -0.25) is 9.48 Å². The SMILES string of the molecule is Cc1nn(C)cc1-c1nc2c(s1)C(=O)CCC2. The number of hydrogen-bond acceptors (Lipinski definition) is 4. The van der Waals surface area contributed by atoms with Crippen molar-refractivity contribution in [3.05, 3.63) is 22.5 Å². The van der Waals surface area contributed by atoms with Gasteiger partial charge in [0.1, 0.15) is 5.01 Å². The first kappa shape index (κ1) is 10.7. The highest BCUT2D eigenvalue weighted by atomic mass is 32.1. The van der Waals surface area contributed by atoms with Crippen LogP contribution in [0, 0.1) is 6.92 Å². The highest BCUT2D eigenvalue weighted by molar-refractivity contribution is 7.17. The summed E-state index contributed by atoms with van der Waals surface area (Å²) in [6, 6.07) is 0. The lowest BCUT2D eigenvalue weighted by molar-refractivity contribution is 0.0976. The number of carbonyl (C=O) groups excluding carboxylic acids is 1.